The molecule has 0 unspecified atom stereocenters. The van der Waals surface area contributed by atoms with Crippen molar-refractivity contribution in [2.24, 2.45) is 0 Å². The Hall–Kier alpha value is -6.62. The first-order valence-electron chi connectivity index (χ1n) is 17.6. The third-order valence-electron chi connectivity index (χ3n) is 10.4. The minimum Gasteiger partial charge on any atom is -0.309 e. The summed E-state index contributed by atoms with van der Waals surface area (Å²) in [6, 6.07) is 62.8. The van der Waals surface area contributed by atoms with E-state index in [-0.39, 0.29) is 0 Å². The highest BCUT2D eigenvalue weighted by Gasteiger charge is 2.23. The van der Waals surface area contributed by atoms with Crippen LogP contribution < -0.4 is 0 Å². The molecule has 0 aliphatic heterocycles. The molecule has 3 heterocycles. The van der Waals surface area contributed by atoms with E-state index in [0.717, 1.165) is 33.8 Å². The Balaban J connectivity index is 1.19. The van der Waals surface area contributed by atoms with Gasteiger partial charge in [0.15, 0.2) is 5.82 Å². The molecule has 0 saturated heterocycles. The van der Waals surface area contributed by atoms with Crippen molar-refractivity contribution in [2.75, 3.05) is 0 Å². The molecular weight excluding hydrogens is 651 g/mol. The summed E-state index contributed by atoms with van der Waals surface area (Å²) in [6.45, 7) is 0. The van der Waals surface area contributed by atoms with Gasteiger partial charge in [0, 0.05) is 64.1 Å². The number of rotatable bonds is 4. The fourth-order valence-corrected chi connectivity index (χ4v) is 9.30. The monoisotopic (exact) mass is 679 g/mol. The largest absolute Gasteiger partial charge is 0.309 e. The van der Waals surface area contributed by atoms with E-state index in [1.165, 1.54) is 63.5 Å². The third kappa shape index (κ3) is 4.38. The van der Waals surface area contributed by atoms with Crippen LogP contribution in [0.2, 0.25) is 0 Å². The van der Waals surface area contributed by atoms with Crippen molar-refractivity contribution in [1.82, 2.24) is 14.5 Å². The highest BCUT2D eigenvalue weighted by molar-refractivity contribution is 7.27. The van der Waals surface area contributed by atoms with Gasteiger partial charge in [-0.15, -0.1) is 11.3 Å². The molecule has 0 bridgehead atoms. The summed E-state index contributed by atoms with van der Waals surface area (Å²) >= 11 is 1.90. The number of thiophene rings is 1. The number of aromatic nitrogens is 3. The maximum Gasteiger partial charge on any atom is 0.160 e. The Morgan fingerprint density at radius 3 is 1.73 bits per heavy atom. The maximum absolute atomic E-state index is 5.11. The third-order valence-corrected chi connectivity index (χ3v) is 11.6. The fourth-order valence-electron chi connectivity index (χ4n) is 8.05. The second-order valence-electron chi connectivity index (χ2n) is 13.3. The lowest BCUT2D eigenvalue weighted by molar-refractivity contribution is 1.17. The van der Waals surface area contributed by atoms with E-state index in [9.17, 15) is 0 Å². The van der Waals surface area contributed by atoms with Crippen LogP contribution in [0.5, 0.6) is 0 Å². The van der Waals surface area contributed by atoms with Gasteiger partial charge >= 0.3 is 0 Å². The molecule has 11 aromatic rings. The molecule has 0 spiro atoms. The lowest BCUT2D eigenvalue weighted by Crippen LogP contribution is -1.97. The smallest absolute Gasteiger partial charge is 0.160 e. The highest BCUT2D eigenvalue weighted by atomic mass is 32.1. The average Bonchev–Trinajstić information content (AvgIpc) is 3.78. The Morgan fingerprint density at radius 2 is 1.02 bits per heavy atom. The Bertz CT molecular complexity index is 3100. The molecule has 4 heteroatoms. The fraction of sp³-hybridized carbons (Fsp3) is 0. The summed E-state index contributed by atoms with van der Waals surface area (Å²) < 4.78 is 5.13. The van der Waals surface area contributed by atoms with Crippen molar-refractivity contribution in [3.8, 4) is 39.6 Å². The Morgan fingerprint density at radius 1 is 0.423 bits per heavy atom. The van der Waals surface area contributed by atoms with Gasteiger partial charge in [0.1, 0.15) is 0 Å². The number of hydrogen-bond acceptors (Lipinski definition) is 3. The van der Waals surface area contributed by atoms with Gasteiger partial charge in [-0.2, -0.15) is 0 Å². The molecule has 0 fully saturated rings. The quantitative estimate of drug-likeness (QED) is 0.185. The van der Waals surface area contributed by atoms with Crippen molar-refractivity contribution >= 4 is 74.9 Å². The maximum atomic E-state index is 5.11. The van der Waals surface area contributed by atoms with Crippen LogP contribution in [0.4, 0.5) is 0 Å². The van der Waals surface area contributed by atoms with Crippen LogP contribution in [-0.4, -0.2) is 14.5 Å². The summed E-state index contributed by atoms with van der Waals surface area (Å²) in [5.41, 5.74) is 8.45. The summed E-state index contributed by atoms with van der Waals surface area (Å²) in [6.07, 6.45) is 0. The van der Waals surface area contributed by atoms with Gasteiger partial charge in [-0.1, -0.05) is 133 Å². The molecule has 3 aromatic heterocycles. The second-order valence-corrected chi connectivity index (χ2v) is 14.4. The number of hydrogen-bond donors (Lipinski definition) is 0. The molecular formula is C48H29N3S. The van der Waals surface area contributed by atoms with Crippen LogP contribution in [-0.2, 0) is 0 Å². The van der Waals surface area contributed by atoms with Gasteiger partial charge in [-0.25, -0.2) is 9.97 Å². The molecule has 3 nitrogen and oxygen atoms in total. The molecule has 11 rings (SSSR count). The zero-order valence-corrected chi connectivity index (χ0v) is 28.8. The summed E-state index contributed by atoms with van der Waals surface area (Å²) in [5, 5.41) is 10.3. The van der Waals surface area contributed by atoms with E-state index in [2.05, 4.69) is 168 Å². The Labute approximate surface area is 303 Å². The molecule has 8 aromatic carbocycles. The molecule has 0 saturated carbocycles. The van der Waals surface area contributed by atoms with E-state index < -0.39 is 0 Å². The molecule has 0 amide bonds. The minimum atomic E-state index is 0.705. The normalized spacial score (nSPS) is 11.8. The first kappa shape index (κ1) is 29.1. The average molecular weight is 680 g/mol. The molecule has 0 aliphatic rings. The number of fused-ring (bicyclic) bond motifs is 12. The topological polar surface area (TPSA) is 30.7 Å². The summed E-state index contributed by atoms with van der Waals surface area (Å²) in [4.78, 5) is 10.2. The van der Waals surface area contributed by atoms with Gasteiger partial charge < -0.3 is 4.57 Å². The molecule has 0 atom stereocenters. The van der Waals surface area contributed by atoms with Crippen LogP contribution in [0.25, 0.3) is 103 Å². The van der Waals surface area contributed by atoms with Gasteiger partial charge in [0.2, 0.25) is 0 Å². The van der Waals surface area contributed by atoms with Crippen molar-refractivity contribution in [1.29, 1.82) is 0 Å². The first-order valence-corrected chi connectivity index (χ1v) is 18.4. The number of nitrogens with zero attached hydrogens (tertiary/aromatic N) is 3. The van der Waals surface area contributed by atoms with E-state index in [1.807, 2.05) is 23.5 Å². The van der Waals surface area contributed by atoms with E-state index in [0.29, 0.717) is 5.82 Å². The van der Waals surface area contributed by atoms with E-state index >= 15 is 0 Å². The van der Waals surface area contributed by atoms with Gasteiger partial charge in [0.05, 0.1) is 22.4 Å². The molecule has 0 aliphatic carbocycles. The SMILES string of the molecule is c1ccc(-c2cc(-c3ccccc3)nc(-c3ccc(-n4c5ccc6ccccc6c5c5c6c7ccccc7sc6c6ccccc6c54)cc3)n2)cc1. The van der Waals surface area contributed by atoms with Gasteiger partial charge in [0.25, 0.3) is 0 Å². The van der Waals surface area contributed by atoms with Crippen molar-refractivity contribution < 1.29 is 0 Å². The molecule has 52 heavy (non-hydrogen) atoms. The lowest BCUT2D eigenvalue weighted by Gasteiger charge is -2.12. The minimum absolute atomic E-state index is 0.705. The van der Waals surface area contributed by atoms with Crippen LogP contribution in [0.3, 0.4) is 0 Å². The van der Waals surface area contributed by atoms with Crippen molar-refractivity contribution in [3.63, 3.8) is 0 Å². The Kier molecular flexibility index (Phi) is 6.42. The van der Waals surface area contributed by atoms with Gasteiger partial charge in [-0.05, 0) is 53.2 Å². The summed E-state index contributed by atoms with van der Waals surface area (Å²) in [7, 11) is 0. The second kappa shape index (κ2) is 11.5. The summed E-state index contributed by atoms with van der Waals surface area (Å²) in [5.74, 6) is 0.705. The van der Waals surface area contributed by atoms with Crippen LogP contribution in [0.15, 0.2) is 176 Å². The van der Waals surface area contributed by atoms with Crippen LogP contribution >= 0.6 is 11.3 Å². The van der Waals surface area contributed by atoms with Gasteiger partial charge in [-0.3, -0.25) is 0 Å². The molecule has 0 radical (unpaired) electrons. The zero-order valence-electron chi connectivity index (χ0n) is 28.0. The van der Waals surface area contributed by atoms with Crippen LogP contribution in [0.1, 0.15) is 0 Å². The highest BCUT2D eigenvalue weighted by Crippen LogP contribution is 2.49. The predicted octanol–water partition coefficient (Wildman–Crippen LogP) is 13.2. The first-order chi connectivity index (χ1) is 25.8. The van der Waals surface area contributed by atoms with E-state index in [4.69, 9.17) is 9.97 Å². The van der Waals surface area contributed by atoms with Crippen molar-refractivity contribution in [3.05, 3.63) is 176 Å². The van der Waals surface area contributed by atoms with Crippen LogP contribution in [0, 0.1) is 0 Å². The predicted molar refractivity (Wildman–Crippen MR) is 221 cm³/mol. The van der Waals surface area contributed by atoms with E-state index in [1.54, 1.807) is 0 Å². The van der Waals surface area contributed by atoms with Crippen molar-refractivity contribution in [2.45, 2.75) is 0 Å². The molecule has 242 valence electrons. The lowest BCUT2D eigenvalue weighted by atomic mass is 9.97. The molecule has 0 N–H and O–H groups in total. The number of benzene rings is 8. The zero-order chi connectivity index (χ0) is 34.2. The standard InChI is InChI=1S/C48H29N3S/c1-3-14-31(15-4-1)39-29-40(32-16-5-2-6-17-32)50-48(49-39)33-23-26-34(27-24-33)51-41-28-25-30-13-7-8-18-35(30)43(41)45-44-38-21-11-12-22-42(38)52-47(44)37-20-10-9-19-36(37)46(45)51/h1-29H.